The number of methoxy groups -OCH3 is 1. The molecule has 0 spiro atoms. The number of hydrogen-bond donors (Lipinski definition) is 0. The molecule has 0 unspecified atom stereocenters. The van der Waals surface area contributed by atoms with Crippen LogP contribution in [0.2, 0.25) is 0 Å². The zero-order chi connectivity index (χ0) is 29.6. The van der Waals surface area contributed by atoms with Crippen molar-refractivity contribution in [1.82, 2.24) is 4.90 Å². The predicted octanol–water partition coefficient (Wildman–Crippen LogP) is 6.68. The van der Waals surface area contributed by atoms with Crippen LogP contribution in [-0.4, -0.2) is 48.8 Å². The van der Waals surface area contributed by atoms with Gasteiger partial charge in [0, 0.05) is 36.9 Å². The molecule has 0 aromatic heterocycles. The Hall–Kier alpha value is -4.58. The number of hydrogen-bond acceptors (Lipinski definition) is 7. The Kier molecular flexibility index (Phi) is 9.13. The van der Waals surface area contributed by atoms with Crippen LogP contribution in [0.25, 0.3) is 0 Å². The van der Waals surface area contributed by atoms with Crippen LogP contribution < -0.4 is 9.64 Å². The van der Waals surface area contributed by atoms with Crippen molar-refractivity contribution >= 4 is 17.7 Å². The molecular weight excluding hydrogens is 525 g/mol. The maximum atomic E-state index is 14.8. The molecule has 1 amide bonds. The molecule has 41 heavy (non-hydrogen) atoms. The molecule has 214 valence electrons. The summed E-state index contributed by atoms with van der Waals surface area (Å²) in [4.78, 5) is 28.1. The van der Waals surface area contributed by atoms with Gasteiger partial charge in [0.2, 0.25) is 0 Å². The van der Waals surface area contributed by atoms with E-state index < -0.39 is 11.6 Å². The SMILES string of the molecule is COC(=O)c1ccc(Oc2ccc(N(Cc3cc(C#N)ccc3F)C3CCN(C(=O)OC(C)(C)C)CC3)cc2)cc1. The largest absolute Gasteiger partial charge is 0.465 e. The lowest BCUT2D eigenvalue weighted by Crippen LogP contribution is -2.48. The first-order valence-corrected chi connectivity index (χ1v) is 13.5. The molecule has 3 aromatic carbocycles. The molecule has 0 saturated carbocycles. The molecule has 0 radical (unpaired) electrons. The van der Waals surface area contributed by atoms with Crippen LogP contribution in [0, 0.1) is 17.1 Å². The first-order chi connectivity index (χ1) is 19.6. The molecule has 0 bridgehead atoms. The Labute approximate surface area is 239 Å². The average molecular weight is 560 g/mol. The molecule has 3 aromatic rings. The summed E-state index contributed by atoms with van der Waals surface area (Å²) in [5.41, 5.74) is 1.52. The van der Waals surface area contributed by atoms with E-state index in [-0.39, 0.29) is 24.5 Å². The molecule has 8 nitrogen and oxygen atoms in total. The second-order valence-corrected chi connectivity index (χ2v) is 10.9. The number of likely N-dealkylation sites (tertiary alicyclic amines) is 1. The number of esters is 1. The molecule has 9 heteroatoms. The van der Waals surface area contributed by atoms with E-state index in [0.29, 0.717) is 54.1 Å². The van der Waals surface area contributed by atoms with Crippen LogP contribution in [0.15, 0.2) is 66.7 Å². The van der Waals surface area contributed by atoms with E-state index in [1.165, 1.54) is 19.2 Å². The van der Waals surface area contributed by atoms with Crippen LogP contribution >= 0.6 is 0 Å². The third-order valence-corrected chi connectivity index (χ3v) is 6.75. The summed E-state index contributed by atoms with van der Waals surface area (Å²) in [5.74, 6) is 0.356. The van der Waals surface area contributed by atoms with Crippen molar-refractivity contribution in [3.8, 4) is 17.6 Å². The summed E-state index contributed by atoms with van der Waals surface area (Å²) < 4.78 is 31.0. The van der Waals surface area contributed by atoms with Crippen molar-refractivity contribution in [2.24, 2.45) is 0 Å². The lowest BCUT2D eigenvalue weighted by molar-refractivity contribution is 0.0204. The number of carbonyl (C=O) groups is 2. The fourth-order valence-electron chi connectivity index (χ4n) is 4.69. The van der Waals surface area contributed by atoms with Crippen LogP contribution in [0.1, 0.15) is 55.1 Å². The maximum absolute atomic E-state index is 14.8. The summed E-state index contributed by atoms with van der Waals surface area (Å²) in [5, 5.41) is 9.35. The van der Waals surface area contributed by atoms with Gasteiger partial charge >= 0.3 is 12.1 Å². The second kappa shape index (κ2) is 12.7. The molecule has 0 atom stereocenters. The highest BCUT2D eigenvalue weighted by Gasteiger charge is 2.30. The monoisotopic (exact) mass is 559 g/mol. The average Bonchev–Trinajstić information content (AvgIpc) is 2.96. The van der Waals surface area contributed by atoms with Gasteiger partial charge in [-0.3, -0.25) is 0 Å². The van der Waals surface area contributed by atoms with E-state index in [1.807, 2.05) is 45.0 Å². The molecule has 0 aliphatic carbocycles. The number of halogens is 1. The fraction of sp³-hybridized carbons (Fsp3) is 0.344. The highest BCUT2D eigenvalue weighted by Crippen LogP contribution is 2.30. The van der Waals surface area contributed by atoms with Crippen LogP contribution in [-0.2, 0) is 16.0 Å². The number of benzene rings is 3. The Morgan fingerprint density at radius 3 is 2.17 bits per heavy atom. The van der Waals surface area contributed by atoms with Crippen molar-refractivity contribution in [3.05, 3.63) is 89.2 Å². The Bertz CT molecular complexity index is 1400. The van der Waals surface area contributed by atoms with Gasteiger partial charge in [-0.05, 0) is 100 Å². The molecule has 0 N–H and O–H groups in total. The number of carbonyl (C=O) groups excluding carboxylic acids is 2. The number of amides is 1. The van der Waals surface area contributed by atoms with Gasteiger partial charge in [-0.1, -0.05) is 0 Å². The van der Waals surface area contributed by atoms with Crippen molar-refractivity contribution in [2.75, 3.05) is 25.1 Å². The molecular formula is C32H34FN3O5. The van der Waals surface area contributed by atoms with Crippen molar-refractivity contribution < 1.29 is 28.2 Å². The molecule has 4 rings (SSSR count). The van der Waals surface area contributed by atoms with Gasteiger partial charge in [0.25, 0.3) is 0 Å². The normalized spacial score (nSPS) is 13.7. The quantitative estimate of drug-likeness (QED) is 0.298. The van der Waals surface area contributed by atoms with Gasteiger partial charge in [0.15, 0.2) is 0 Å². The van der Waals surface area contributed by atoms with Gasteiger partial charge in [0.1, 0.15) is 22.9 Å². The first-order valence-electron chi connectivity index (χ1n) is 13.5. The number of nitrogens with zero attached hydrogens (tertiary/aromatic N) is 3. The topological polar surface area (TPSA) is 92.1 Å². The Morgan fingerprint density at radius 1 is 1.00 bits per heavy atom. The van der Waals surface area contributed by atoms with Gasteiger partial charge in [-0.15, -0.1) is 0 Å². The van der Waals surface area contributed by atoms with E-state index in [2.05, 4.69) is 11.0 Å². The summed E-state index contributed by atoms with van der Waals surface area (Å²) in [6.45, 7) is 6.81. The summed E-state index contributed by atoms with van der Waals surface area (Å²) in [6.07, 6.45) is 1.00. The Morgan fingerprint density at radius 2 is 1.61 bits per heavy atom. The van der Waals surface area contributed by atoms with Gasteiger partial charge in [-0.2, -0.15) is 5.26 Å². The molecule has 1 aliphatic rings. The van der Waals surface area contributed by atoms with E-state index in [1.54, 1.807) is 35.2 Å². The summed E-state index contributed by atoms with van der Waals surface area (Å²) in [7, 11) is 1.33. The summed E-state index contributed by atoms with van der Waals surface area (Å²) in [6, 6.07) is 20.6. The minimum atomic E-state index is -0.573. The van der Waals surface area contributed by atoms with Crippen molar-refractivity contribution in [3.63, 3.8) is 0 Å². The molecule has 1 heterocycles. The minimum Gasteiger partial charge on any atom is -0.465 e. The molecule has 1 fully saturated rings. The number of anilines is 1. The van der Waals surface area contributed by atoms with Crippen molar-refractivity contribution in [2.45, 2.75) is 51.8 Å². The summed E-state index contributed by atoms with van der Waals surface area (Å²) >= 11 is 0. The highest BCUT2D eigenvalue weighted by molar-refractivity contribution is 5.89. The minimum absolute atomic E-state index is 0.0245. The maximum Gasteiger partial charge on any atom is 0.410 e. The van der Waals surface area contributed by atoms with E-state index in [4.69, 9.17) is 14.2 Å². The third kappa shape index (κ3) is 7.76. The van der Waals surface area contributed by atoms with E-state index >= 15 is 0 Å². The lowest BCUT2D eigenvalue weighted by atomic mass is 10.0. The standard InChI is InChI=1S/C32H34FN3O5/c1-32(2,3)41-31(38)35-17-15-26(16-18-35)36(21-24-19-22(20-34)5-14-29(24)33)25-8-12-28(13-9-25)40-27-10-6-23(7-11-27)30(37)39-4/h5-14,19,26H,15-18,21H2,1-4H3. The molecule has 1 saturated heterocycles. The van der Waals surface area contributed by atoms with E-state index in [9.17, 15) is 19.2 Å². The van der Waals surface area contributed by atoms with Gasteiger partial charge in [0.05, 0.1) is 24.3 Å². The van der Waals surface area contributed by atoms with Crippen LogP contribution in [0.5, 0.6) is 11.5 Å². The number of piperidine rings is 1. The van der Waals surface area contributed by atoms with Gasteiger partial charge in [-0.25, -0.2) is 14.0 Å². The highest BCUT2D eigenvalue weighted by atomic mass is 19.1. The second-order valence-electron chi connectivity index (χ2n) is 10.9. The third-order valence-electron chi connectivity index (χ3n) is 6.75. The van der Waals surface area contributed by atoms with Crippen molar-refractivity contribution in [1.29, 1.82) is 5.26 Å². The number of ether oxygens (including phenoxy) is 3. The van der Waals surface area contributed by atoms with Gasteiger partial charge < -0.3 is 24.0 Å². The molecule has 1 aliphatic heterocycles. The lowest BCUT2D eigenvalue weighted by Gasteiger charge is -2.40. The zero-order valence-corrected chi connectivity index (χ0v) is 23.7. The first kappa shape index (κ1) is 29.4. The van der Waals surface area contributed by atoms with E-state index in [0.717, 1.165) is 5.69 Å². The smallest absolute Gasteiger partial charge is 0.410 e. The zero-order valence-electron chi connectivity index (χ0n) is 23.7. The number of nitriles is 1. The number of rotatable bonds is 7. The Balaban J connectivity index is 1.53. The predicted molar refractivity (Wildman–Crippen MR) is 152 cm³/mol. The van der Waals surface area contributed by atoms with Crippen LogP contribution in [0.4, 0.5) is 14.9 Å². The van der Waals surface area contributed by atoms with Crippen LogP contribution in [0.3, 0.4) is 0 Å². The fourth-order valence-corrected chi connectivity index (χ4v) is 4.69.